The highest BCUT2D eigenvalue weighted by molar-refractivity contribution is 7.91. The highest BCUT2D eigenvalue weighted by Gasteiger charge is 2.27. The number of aromatic nitrogens is 3. The molecule has 0 fully saturated rings. The molecule has 0 saturated heterocycles. The smallest absolute Gasteiger partial charge is 0.227 e. The van der Waals surface area contributed by atoms with Crippen LogP contribution in [-0.4, -0.2) is 30.5 Å². The van der Waals surface area contributed by atoms with Crippen molar-refractivity contribution in [3.05, 3.63) is 57.7 Å². The maximum atomic E-state index is 13.1. The molecule has 0 N–H and O–H groups in total. The summed E-state index contributed by atoms with van der Waals surface area (Å²) in [4.78, 5) is 0.154. The van der Waals surface area contributed by atoms with Gasteiger partial charge in [0.25, 0.3) is 0 Å². The molecule has 6 nitrogen and oxygen atoms in total. The molecule has 0 spiro atoms. The van der Waals surface area contributed by atoms with E-state index in [2.05, 4.69) is 31.1 Å². The first kappa shape index (κ1) is 21.6. The Bertz CT molecular complexity index is 1160. The number of halogens is 2. The van der Waals surface area contributed by atoms with Crippen LogP contribution in [0.25, 0.3) is 5.69 Å². The van der Waals surface area contributed by atoms with Crippen LogP contribution < -0.4 is 4.74 Å². The van der Waals surface area contributed by atoms with Gasteiger partial charge in [-0.2, -0.15) is 0 Å². The molecule has 154 valence electrons. The van der Waals surface area contributed by atoms with Crippen LogP contribution in [0.4, 0.5) is 0 Å². The van der Waals surface area contributed by atoms with Gasteiger partial charge in [0.1, 0.15) is 11.4 Å². The average Bonchev–Trinajstić information content (AvgIpc) is 3.05. The van der Waals surface area contributed by atoms with Gasteiger partial charge in [-0.25, -0.2) is 13.1 Å². The Labute approximate surface area is 180 Å². The van der Waals surface area contributed by atoms with Crippen molar-refractivity contribution in [3.63, 3.8) is 0 Å². The van der Waals surface area contributed by atoms with Gasteiger partial charge in [-0.15, -0.1) is 5.10 Å². The number of hydrogen-bond acceptors (Lipinski definition) is 5. The predicted molar refractivity (Wildman–Crippen MR) is 113 cm³/mol. The van der Waals surface area contributed by atoms with Crippen molar-refractivity contribution in [3.8, 4) is 11.4 Å². The third-order valence-corrected chi connectivity index (χ3v) is 7.09. The van der Waals surface area contributed by atoms with Crippen molar-refractivity contribution >= 4 is 33.0 Å². The average molecular weight is 454 g/mol. The Morgan fingerprint density at radius 1 is 1.03 bits per heavy atom. The van der Waals surface area contributed by atoms with Gasteiger partial charge in [0, 0.05) is 6.07 Å². The third-order valence-electron chi connectivity index (χ3n) is 4.59. The number of methoxy groups -OCH3 is 1. The second-order valence-electron chi connectivity index (χ2n) is 7.61. The Morgan fingerprint density at radius 3 is 2.17 bits per heavy atom. The van der Waals surface area contributed by atoms with E-state index in [1.165, 1.54) is 11.8 Å². The van der Waals surface area contributed by atoms with Gasteiger partial charge in [0.2, 0.25) is 14.9 Å². The fraction of sp³-hybridized carbons (Fsp3) is 0.300. The topological polar surface area (TPSA) is 74.1 Å². The van der Waals surface area contributed by atoms with E-state index in [9.17, 15) is 8.42 Å². The molecule has 0 atom stereocenters. The molecule has 3 rings (SSSR count). The standard InChI is InChI=1S/C20H21Cl2N3O3S/c1-12-19(29(26,27)14-8-6-13(7-9-14)20(2,3)4)23-24-25(12)17-10-15(21)16(22)11-18(17)28-5/h6-11H,1-5H3. The summed E-state index contributed by atoms with van der Waals surface area (Å²) in [6.07, 6.45) is 0. The summed E-state index contributed by atoms with van der Waals surface area (Å²) in [7, 11) is -2.38. The van der Waals surface area contributed by atoms with E-state index in [1.807, 2.05) is 12.1 Å². The zero-order valence-electron chi connectivity index (χ0n) is 16.7. The molecule has 9 heteroatoms. The lowest BCUT2D eigenvalue weighted by molar-refractivity contribution is 0.411. The number of rotatable bonds is 4. The molecule has 2 aromatic carbocycles. The minimum absolute atomic E-state index is 0.0776. The van der Waals surface area contributed by atoms with Crippen molar-refractivity contribution < 1.29 is 13.2 Å². The molecule has 29 heavy (non-hydrogen) atoms. The third kappa shape index (κ3) is 3.99. The molecule has 1 aromatic heterocycles. The van der Waals surface area contributed by atoms with Gasteiger partial charge in [-0.05, 0) is 36.1 Å². The lowest BCUT2D eigenvalue weighted by Gasteiger charge is -2.19. The Balaban J connectivity index is 2.09. The van der Waals surface area contributed by atoms with Crippen LogP contribution >= 0.6 is 23.2 Å². The van der Waals surface area contributed by atoms with Crippen LogP contribution in [-0.2, 0) is 15.3 Å². The molecule has 0 amide bonds. The van der Waals surface area contributed by atoms with E-state index in [0.29, 0.717) is 27.2 Å². The summed E-state index contributed by atoms with van der Waals surface area (Å²) >= 11 is 12.2. The zero-order chi connectivity index (χ0) is 21.6. The monoisotopic (exact) mass is 453 g/mol. The van der Waals surface area contributed by atoms with E-state index in [-0.39, 0.29) is 15.3 Å². The Hall–Kier alpha value is -2.09. The SMILES string of the molecule is COc1cc(Cl)c(Cl)cc1-n1nnc(S(=O)(=O)c2ccc(C(C)(C)C)cc2)c1C. The van der Waals surface area contributed by atoms with Crippen molar-refractivity contribution in [2.75, 3.05) is 7.11 Å². The second kappa shape index (κ2) is 7.63. The van der Waals surface area contributed by atoms with Crippen LogP contribution in [0.5, 0.6) is 5.75 Å². The molecule has 1 heterocycles. The number of nitrogens with zero attached hydrogens (tertiary/aromatic N) is 3. The van der Waals surface area contributed by atoms with Crippen molar-refractivity contribution in [1.82, 2.24) is 15.0 Å². The number of sulfone groups is 1. The first-order valence-electron chi connectivity index (χ1n) is 8.78. The normalized spacial score (nSPS) is 12.2. The van der Waals surface area contributed by atoms with E-state index in [0.717, 1.165) is 5.56 Å². The molecule has 0 aliphatic rings. The Morgan fingerprint density at radius 2 is 1.62 bits per heavy atom. The summed E-state index contributed by atoms with van der Waals surface area (Å²) in [6.45, 7) is 7.82. The molecule has 0 radical (unpaired) electrons. The molecular formula is C20H21Cl2N3O3S. The lowest BCUT2D eigenvalue weighted by atomic mass is 9.87. The van der Waals surface area contributed by atoms with Gasteiger partial charge in [0.15, 0.2) is 0 Å². The zero-order valence-corrected chi connectivity index (χ0v) is 19.0. The predicted octanol–water partition coefficient (Wildman–Crippen LogP) is 5.02. The summed E-state index contributed by atoms with van der Waals surface area (Å²) in [6, 6.07) is 9.91. The summed E-state index contributed by atoms with van der Waals surface area (Å²) in [5.41, 5.74) is 1.74. The second-order valence-corrected chi connectivity index (χ2v) is 10.3. The van der Waals surface area contributed by atoms with Gasteiger partial charge >= 0.3 is 0 Å². The van der Waals surface area contributed by atoms with Gasteiger partial charge < -0.3 is 4.74 Å². The highest BCUT2D eigenvalue weighted by Crippen LogP contribution is 2.34. The van der Waals surface area contributed by atoms with E-state index < -0.39 is 9.84 Å². The van der Waals surface area contributed by atoms with Crippen LogP contribution in [0.15, 0.2) is 46.3 Å². The van der Waals surface area contributed by atoms with Crippen molar-refractivity contribution in [2.45, 2.75) is 43.0 Å². The summed E-state index contributed by atoms with van der Waals surface area (Å²) < 4.78 is 33.0. The first-order valence-corrected chi connectivity index (χ1v) is 11.0. The van der Waals surface area contributed by atoms with Crippen LogP contribution in [0.3, 0.4) is 0 Å². The Kier molecular flexibility index (Phi) is 5.69. The summed E-state index contributed by atoms with van der Waals surface area (Å²) in [5.74, 6) is 0.394. The largest absolute Gasteiger partial charge is 0.494 e. The van der Waals surface area contributed by atoms with Crippen molar-refractivity contribution in [1.29, 1.82) is 0 Å². The van der Waals surface area contributed by atoms with Crippen molar-refractivity contribution in [2.24, 2.45) is 0 Å². The number of benzene rings is 2. The first-order chi connectivity index (χ1) is 13.5. The summed E-state index contributed by atoms with van der Waals surface area (Å²) in [5, 5.41) is 8.43. The van der Waals surface area contributed by atoms with Gasteiger partial charge in [-0.1, -0.05) is 61.3 Å². The van der Waals surface area contributed by atoms with Gasteiger partial charge in [-0.3, -0.25) is 0 Å². The minimum Gasteiger partial charge on any atom is -0.494 e. The molecular weight excluding hydrogens is 433 g/mol. The minimum atomic E-state index is -3.85. The van der Waals surface area contributed by atoms with E-state index in [1.54, 1.807) is 31.2 Å². The number of hydrogen-bond donors (Lipinski definition) is 0. The van der Waals surface area contributed by atoms with Gasteiger partial charge in [0.05, 0.1) is 27.7 Å². The molecule has 0 aliphatic carbocycles. The lowest BCUT2D eigenvalue weighted by Crippen LogP contribution is -2.12. The maximum absolute atomic E-state index is 13.1. The maximum Gasteiger partial charge on any atom is 0.227 e. The fourth-order valence-electron chi connectivity index (χ4n) is 2.89. The quantitative estimate of drug-likeness (QED) is 0.554. The van der Waals surface area contributed by atoms with E-state index in [4.69, 9.17) is 27.9 Å². The van der Waals surface area contributed by atoms with Crippen LogP contribution in [0.1, 0.15) is 32.0 Å². The number of ether oxygens (including phenoxy) is 1. The molecule has 0 bridgehead atoms. The molecule has 3 aromatic rings. The molecule has 0 saturated carbocycles. The molecule has 0 unspecified atom stereocenters. The fourth-order valence-corrected chi connectivity index (χ4v) is 4.53. The van der Waals surface area contributed by atoms with E-state index >= 15 is 0 Å². The molecule has 0 aliphatic heterocycles. The van der Waals surface area contributed by atoms with Crippen LogP contribution in [0, 0.1) is 6.92 Å². The highest BCUT2D eigenvalue weighted by atomic mass is 35.5. The van der Waals surface area contributed by atoms with Crippen LogP contribution in [0.2, 0.25) is 10.0 Å².